The van der Waals surface area contributed by atoms with Crippen molar-refractivity contribution >= 4 is 11.6 Å². The first kappa shape index (κ1) is 13.5. The molecule has 0 unspecified atom stereocenters. The van der Waals surface area contributed by atoms with Crippen LogP contribution in [0.3, 0.4) is 0 Å². The van der Waals surface area contributed by atoms with Crippen molar-refractivity contribution in [2.75, 3.05) is 18.0 Å². The maximum atomic E-state index is 5.53. The lowest BCUT2D eigenvalue weighted by molar-refractivity contribution is 0.905. The number of nitrogens with two attached hydrogens (primary N) is 1. The van der Waals surface area contributed by atoms with Crippen molar-refractivity contribution in [1.29, 1.82) is 0 Å². The fourth-order valence-electron chi connectivity index (χ4n) is 2.07. The van der Waals surface area contributed by atoms with Gasteiger partial charge in [0.1, 0.15) is 0 Å². The molecule has 2 rings (SSSR count). The Labute approximate surface area is 114 Å². The molecule has 0 fully saturated rings. The van der Waals surface area contributed by atoms with Crippen molar-refractivity contribution in [3.8, 4) is 0 Å². The van der Waals surface area contributed by atoms with Crippen LogP contribution < -0.4 is 10.6 Å². The van der Waals surface area contributed by atoms with E-state index in [-0.39, 0.29) is 0 Å². The van der Waals surface area contributed by atoms with Gasteiger partial charge in [-0.25, -0.2) is 9.97 Å². The Hall–Kier alpha value is -1.94. The molecule has 1 aromatic carbocycles. The fraction of sp³-hybridized carbons (Fsp3) is 0.333. The molecule has 0 atom stereocenters. The summed E-state index contributed by atoms with van der Waals surface area (Å²) in [5.41, 5.74) is 8.98. The highest BCUT2D eigenvalue weighted by Gasteiger charge is 2.11. The zero-order valence-corrected chi connectivity index (χ0v) is 11.5. The van der Waals surface area contributed by atoms with E-state index in [0.29, 0.717) is 6.54 Å². The molecule has 0 aliphatic rings. The van der Waals surface area contributed by atoms with Gasteiger partial charge < -0.3 is 10.6 Å². The van der Waals surface area contributed by atoms with Crippen LogP contribution in [0.2, 0.25) is 0 Å². The highest BCUT2D eigenvalue weighted by molar-refractivity contribution is 5.61. The Kier molecular flexibility index (Phi) is 4.47. The number of rotatable bonds is 5. The van der Waals surface area contributed by atoms with Crippen LogP contribution in [0.1, 0.15) is 18.1 Å². The molecule has 0 aliphatic carbocycles. The van der Waals surface area contributed by atoms with Gasteiger partial charge in [0.2, 0.25) is 5.95 Å². The van der Waals surface area contributed by atoms with Crippen LogP contribution in [0.4, 0.5) is 11.6 Å². The summed E-state index contributed by atoms with van der Waals surface area (Å²) >= 11 is 0. The number of anilines is 2. The molecule has 2 aromatic rings. The van der Waals surface area contributed by atoms with Crippen molar-refractivity contribution in [2.24, 2.45) is 5.73 Å². The molecule has 19 heavy (non-hydrogen) atoms. The van der Waals surface area contributed by atoms with E-state index in [1.165, 1.54) is 5.56 Å². The number of aryl methyl sites for hydroxylation is 1. The Morgan fingerprint density at radius 2 is 1.84 bits per heavy atom. The molecule has 0 aliphatic heterocycles. The summed E-state index contributed by atoms with van der Waals surface area (Å²) in [7, 11) is 0. The molecule has 100 valence electrons. The summed E-state index contributed by atoms with van der Waals surface area (Å²) < 4.78 is 0. The van der Waals surface area contributed by atoms with Crippen molar-refractivity contribution in [1.82, 2.24) is 9.97 Å². The molecular weight excluding hydrogens is 236 g/mol. The molecule has 0 saturated carbocycles. The van der Waals surface area contributed by atoms with E-state index >= 15 is 0 Å². The summed E-state index contributed by atoms with van der Waals surface area (Å²) in [5, 5.41) is 0. The second-order valence-corrected chi connectivity index (χ2v) is 4.46. The largest absolute Gasteiger partial charge is 0.330 e. The third-order valence-electron chi connectivity index (χ3n) is 3.09. The smallest absolute Gasteiger partial charge is 0.229 e. The molecule has 1 aromatic heterocycles. The van der Waals surface area contributed by atoms with Crippen LogP contribution >= 0.6 is 0 Å². The minimum Gasteiger partial charge on any atom is -0.330 e. The lowest BCUT2D eigenvalue weighted by atomic mass is 10.2. The van der Waals surface area contributed by atoms with Gasteiger partial charge >= 0.3 is 0 Å². The van der Waals surface area contributed by atoms with Crippen LogP contribution in [-0.4, -0.2) is 23.1 Å². The van der Waals surface area contributed by atoms with E-state index in [0.717, 1.165) is 30.2 Å². The lowest BCUT2D eigenvalue weighted by Gasteiger charge is -2.22. The summed E-state index contributed by atoms with van der Waals surface area (Å²) in [4.78, 5) is 11.0. The van der Waals surface area contributed by atoms with Crippen molar-refractivity contribution in [3.05, 3.63) is 47.8 Å². The minimum atomic E-state index is 0.623. The fourth-order valence-corrected chi connectivity index (χ4v) is 2.07. The zero-order chi connectivity index (χ0) is 13.7. The van der Waals surface area contributed by atoms with Crippen LogP contribution in [0.15, 0.2) is 36.7 Å². The van der Waals surface area contributed by atoms with Crippen LogP contribution in [0.5, 0.6) is 0 Å². The SMILES string of the molecule is CCN(c1ncc(CCN)cn1)c1ccccc1C. The number of nitrogens with zero attached hydrogens (tertiary/aromatic N) is 3. The Morgan fingerprint density at radius 1 is 1.16 bits per heavy atom. The van der Waals surface area contributed by atoms with Gasteiger partial charge in [0.15, 0.2) is 0 Å². The molecule has 0 amide bonds. The summed E-state index contributed by atoms with van der Waals surface area (Å²) in [6.07, 6.45) is 4.53. The quantitative estimate of drug-likeness (QED) is 0.892. The molecule has 0 bridgehead atoms. The highest BCUT2D eigenvalue weighted by atomic mass is 15.2. The number of benzene rings is 1. The van der Waals surface area contributed by atoms with Crippen molar-refractivity contribution in [3.63, 3.8) is 0 Å². The third-order valence-corrected chi connectivity index (χ3v) is 3.09. The first-order valence-electron chi connectivity index (χ1n) is 6.60. The molecule has 0 spiro atoms. The second kappa shape index (κ2) is 6.29. The van der Waals surface area contributed by atoms with Gasteiger partial charge in [0.25, 0.3) is 0 Å². The Morgan fingerprint density at radius 3 is 2.42 bits per heavy atom. The van der Waals surface area contributed by atoms with E-state index in [1.54, 1.807) is 0 Å². The van der Waals surface area contributed by atoms with E-state index < -0.39 is 0 Å². The van der Waals surface area contributed by atoms with Crippen LogP contribution in [-0.2, 0) is 6.42 Å². The van der Waals surface area contributed by atoms with Crippen LogP contribution in [0.25, 0.3) is 0 Å². The van der Waals surface area contributed by atoms with Gasteiger partial charge in [-0.15, -0.1) is 0 Å². The van der Waals surface area contributed by atoms with E-state index in [1.807, 2.05) is 24.5 Å². The number of para-hydroxylation sites is 1. The number of aromatic nitrogens is 2. The monoisotopic (exact) mass is 256 g/mol. The van der Waals surface area contributed by atoms with E-state index in [9.17, 15) is 0 Å². The zero-order valence-electron chi connectivity index (χ0n) is 11.5. The Bertz CT molecular complexity index is 522. The molecule has 0 radical (unpaired) electrons. The predicted molar refractivity (Wildman–Crippen MR) is 78.6 cm³/mol. The normalized spacial score (nSPS) is 10.5. The molecular formula is C15H20N4. The molecule has 2 N–H and O–H groups in total. The van der Waals surface area contributed by atoms with Crippen molar-refractivity contribution in [2.45, 2.75) is 20.3 Å². The van der Waals surface area contributed by atoms with E-state index in [4.69, 9.17) is 5.73 Å². The highest BCUT2D eigenvalue weighted by Crippen LogP contribution is 2.24. The maximum absolute atomic E-state index is 5.53. The van der Waals surface area contributed by atoms with Gasteiger partial charge in [-0.3, -0.25) is 0 Å². The van der Waals surface area contributed by atoms with Crippen molar-refractivity contribution < 1.29 is 0 Å². The van der Waals surface area contributed by atoms with E-state index in [2.05, 4.69) is 40.8 Å². The number of hydrogen-bond acceptors (Lipinski definition) is 4. The van der Waals surface area contributed by atoms with Gasteiger partial charge in [-0.1, -0.05) is 18.2 Å². The number of hydrogen-bond donors (Lipinski definition) is 1. The van der Waals surface area contributed by atoms with Gasteiger partial charge in [0.05, 0.1) is 0 Å². The standard InChI is InChI=1S/C15H20N4/c1-3-19(14-7-5-4-6-12(14)2)15-17-10-13(8-9-16)11-18-15/h4-7,10-11H,3,8-9,16H2,1-2H3. The van der Waals surface area contributed by atoms with Gasteiger partial charge in [0, 0.05) is 24.6 Å². The Balaban J connectivity index is 2.29. The molecule has 4 nitrogen and oxygen atoms in total. The minimum absolute atomic E-state index is 0.623. The summed E-state index contributed by atoms with van der Waals surface area (Å²) in [6.45, 7) is 5.66. The van der Waals surface area contributed by atoms with Gasteiger partial charge in [-0.2, -0.15) is 0 Å². The third kappa shape index (κ3) is 3.09. The second-order valence-electron chi connectivity index (χ2n) is 4.46. The lowest BCUT2D eigenvalue weighted by Crippen LogP contribution is -2.19. The first-order chi connectivity index (χ1) is 9.26. The molecule has 0 saturated heterocycles. The molecule has 4 heteroatoms. The topological polar surface area (TPSA) is 55.0 Å². The average Bonchev–Trinajstić information content (AvgIpc) is 2.44. The van der Waals surface area contributed by atoms with Gasteiger partial charge in [-0.05, 0) is 44.0 Å². The average molecular weight is 256 g/mol. The van der Waals surface area contributed by atoms with Crippen LogP contribution in [0, 0.1) is 6.92 Å². The maximum Gasteiger partial charge on any atom is 0.229 e. The summed E-state index contributed by atoms with van der Waals surface area (Å²) in [6, 6.07) is 8.27. The first-order valence-corrected chi connectivity index (χ1v) is 6.60. The summed E-state index contributed by atoms with van der Waals surface area (Å²) in [5.74, 6) is 0.734. The predicted octanol–water partition coefficient (Wildman–Crippen LogP) is 2.44. The molecule has 1 heterocycles.